The van der Waals surface area contributed by atoms with Crippen LogP contribution in [0.25, 0.3) is 0 Å². The van der Waals surface area contributed by atoms with Gasteiger partial charge in [-0.2, -0.15) is 0 Å². The van der Waals surface area contributed by atoms with Crippen LogP contribution < -0.4 is 16.0 Å². The van der Waals surface area contributed by atoms with E-state index in [1.165, 1.54) is 4.90 Å². The summed E-state index contributed by atoms with van der Waals surface area (Å²) < 4.78 is 0. The van der Waals surface area contributed by atoms with Crippen molar-refractivity contribution in [3.63, 3.8) is 0 Å². The summed E-state index contributed by atoms with van der Waals surface area (Å²) in [7, 11) is 0. The monoisotopic (exact) mass is 240 g/mol. The average Bonchev–Trinajstić information content (AvgIpc) is 2.34. The topological polar surface area (TPSA) is 90.5 Å². The Hall–Kier alpha value is -1.47. The number of amides is 3. The third-order valence-corrected chi connectivity index (χ3v) is 3.05. The third-order valence-electron chi connectivity index (χ3n) is 3.05. The molecule has 7 heteroatoms. The first kappa shape index (κ1) is 12.0. The lowest BCUT2D eigenvalue weighted by Gasteiger charge is -2.35. The van der Waals surface area contributed by atoms with Gasteiger partial charge in [0.1, 0.15) is 12.6 Å². The van der Waals surface area contributed by atoms with Gasteiger partial charge in [-0.15, -0.1) is 0 Å². The van der Waals surface area contributed by atoms with Crippen LogP contribution in [0.5, 0.6) is 0 Å². The van der Waals surface area contributed by atoms with Crippen LogP contribution in [-0.2, 0) is 14.4 Å². The van der Waals surface area contributed by atoms with Crippen LogP contribution in [0, 0.1) is 0 Å². The fourth-order valence-corrected chi connectivity index (χ4v) is 2.01. The second-order valence-electron chi connectivity index (χ2n) is 4.27. The zero-order chi connectivity index (χ0) is 12.4. The van der Waals surface area contributed by atoms with Crippen LogP contribution in [-0.4, -0.2) is 60.9 Å². The molecule has 0 bridgehead atoms. The van der Waals surface area contributed by atoms with Gasteiger partial charge in [0.2, 0.25) is 17.7 Å². The second kappa shape index (κ2) is 4.80. The number of piperazine rings is 2. The molecule has 17 heavy (non-hydrogen) atoms. The molecule has 0 radical (unpaired) electrons. The van der Waals surface area contributed by atoms with E-state index in [9.17, 15) is 14.4 Å². The number of nitrogens with zero attached hydrogens (tertiary/aromatic N) is 1. The number of nitrogens with one attached hydrogen (secondary N) is 3. The standard InChI is InChI=1S/C10H16N4O3/c1-6-9(16)13-8(15)5-14(6)10(17)7-4-11-2-3-12-7/h6-7,11-12H,2-5H2,1H3,(H,13,15,16). The Labute approximate surface area is 98.9 Å². The highest BCUT2D eigenvalue weighted by Gasteiger charge is 2.36. The van der Waals surface area contributed by atoms with Gasteiger partial charge < -0.3 is 15.5 Å². The Morgan fingerprint density at radius 3 is 2.76 bits per heavy atom. The van der Waals surface area contributed by atoms with Crippen molar-refractivity contribution in [1.82, 2.24) is 20.9 Å². The molecule has 0 aromatic heterocycles. The molecule has 2 aliphatic rings. The van der Waals surface area contributed by atoms with E-state index in [0.29, 0.717) is 13.1 Å². The van der Waals surface area contributed by atoms with E-state index in [4.69, 9.17) is 0 Å². The van der Waals surface area contributed by atoms with E-state index in [1.54, 1.807) is 6.92 Å². The zero-order valence-electron chi connectivity index (χ0n) is 9.66. The summed E-state index contributed by atoms with van der Waals surface area (Å²) in [5.41, 5.74) is 0. The largest absolute Gasteiger partial charge is 0.320 e. The molecule has 2 heterocycles. The minimum atomic E-state index is -0.594. The SMILES string of the molecule is CC1C(=O)NC(=O)CN1C(=O)C1CNCCN1. The number of imide groups is 1. The van der Waals surface area contributed by atoms with Gasteiger partial charge in [0.25, 0.3) is 0 Å². The molecular formula is C10H16N4O3. The Morgan fingerprint density at radius 2 is 2.12 bits per heavy atom. The lowest BCUT2D eigenvalue weighted by molar-refractivity contribution is -0.150. The van der Waals surface area contributed by atoms with E-state index < -0.39 is 17.9 Å². The van der Waals surface area contributed by atoms with Crippen molar-refractivity contribution in [2.45, 2.75) is 19.0 Å². The van der Waals surface area contributed by atoms with Gasteiger partial charge in [0, 0.05) is 19.6 Å². The van der Waals surface area contributed by atoms with Crippen molar-refractivity contribution in [2.24, 2.45) is 0 Å². The quantitative estimate of drug-likeness (QED) is 0.438. The number of hydrogen-bond acceptors (Lipinski definition) is 5. The predicted octanol–water partition coefficient (Wildman–Crippen LogP) is -2.58. The van der Waals surface area contributed by atoms with Gasteiger partial charge in [-0.05, 0) is 6.92 Å². The summed E-state index contributed by atoms with van der Waals surface area (Å²) in [6.07, 6.45) is 0. The fraction of sp³-hybridized carbons (Fsp3) is 0.700. The van der Waals surface area contributed by atoms with E-state index in [1.807, 2.05) is 0 Å². The van der Waals surface area contributed by atoms with Crippen LogP contribution in [0.3, 0.4) is 0 Å². The number of hydrogen-bond donors (Lipinski definition) is 3. The van der Waals surface area contributed by atoms with Crippen molar-refractivity contribution in [3.8, 4) is 0 Å². The maximum Gasteiger partial charge on any atom is 0.249 e. The highest BCUT2D eigenvalue weighted by Crippen LogP contribution is 2.07. The molecule has 94 valence electrons. The summed E-state index contributed by atoms with van der Waals surface area (Å²) in [4.78, 5) is 36.2. The zero-order valence-corrected chi connectivity index (χ0v) is 9.66. The molecule has 0 saturated carbocycles. The Morgan fingerprint density at radius 1 is 1.35 bits per heavy atom. The van der Waals surface area contributed by atoms with Crippen LogP contribution >= 0.6 is 0 Å². The summed E-state index contributed by atoms with van der Waals surface area (Å²) in [6, 6.07) is -0.950. The molecule has 2 unspecified atom stereocenters. The Bertz CT molecular complexity index is 351. The van der Waals surface area contributed by atoms with Gasteiger partial charge in [0.05, 0.1) is 6.04 Å². The average molecular weight is 240 g/mol. The van der Waals surface area contributed by atoms with Crippen molar-refractivity contribution < 1.29 is 14.4 Å². The molecule has 2 fully saturated rings. The minimum Gasteiger partial charge on any atom is -0.320 e. The summed E-state index contributed by atoms with van der Waals surface area (Å²) >= 11 is 0. The second-order valence-corrected chi connectivity index (χ2v) is 4.27. The normalized spacial score (nSPS) is 30.1. The first-order valence-electron chi connectivity index (χ1n) is 5.68. The van der Waals surface area contributed by atoms with Crippen LogP contribution in [0.15, 0.2) is 0 Å². The van der Waals surface area contributed by atoms with Crippen molar-refractivity contribution in [3.05, 3.63) is 0 Å². The molecule has 0 aromatic carbocycles. The number of carbonyl (C=O) groups is 3. The smallest absolute Gasteiger partial charge is 0.249 e. The molecule has 7 nitrogen and oxygen atoms in total. The van der Waals surface area contributed by atoms with Gasteiger partial charge in [0.15, 0.2) is 0 Å². The molecule has 0 spiro atoms. The summed E-state index contributed by atoms with van der Waals surface area (Å²) in [5, 5.41) is 8.38. The highest BCUT2D eigenvalue weighted by molar-refractivity contribution is 6.04. The van der Waals surface area contributed by atoms with E-state index >= 15 is 0 Å². The highest BCUT2D eigenvalue weighted by atomic mass is 16.2. The van der Waals surface area contributed by atoms with Gasteiger partial charge in [-0.3, -0.25) is 19.7 Å². The molecular weight excluding hydrogens is 224 g/mol. The van der Waals surface area contributed by atoms with E-state index in [2.05, 4.69) is 16.0 Å². The maximum absolute atomic E-state index is 12.1. The minimum absolute atomic E-state index is 0.0517. The molecule has 0 aliphatic carbocycles. The van der Waals surface area contributed by atoms with Crippen LogP contribution in [0.2, 0.25) is 0 Å². The molecule has 2 rings (SSSR count). The van der Waals surface area contributed by atoms with E-state index in [-0.39, 0.29) is 18.5 Å². The third kappa shape index (κ3) is 2.45. The van der Waals surface area contributed by atoms with Crippen molar-refractivity contribution in [1.29, 1.82) is 0 Å². The summed E-state index contributed by atoms with van der Waals surface area (Å²) in [5.74, 6) is -1.04. The molecule has 3 amide bonds. The van der Waals surface area contributed by atoms with Crippen molar-refractivity contribution >= 4 is 17.7 Å². The number of rotatable bonds is 1. The van der Waals surface area contributed by atoms with Crippen LogP contribution in [0.4, 0.5) is 0 Å². The fourth-order valence-electron chi connectivity index (χ4n) is 2.01. The molecule has 3 N–H and O–H groups in total. The van der Waals surface area contributed by atoms with E-state index in [0.717, 1.165) is 6.54 Å². The first-order valence-corrected chi connectivity index (χ1v) is 5.68. The summed E-state index contributed by atoms with van der Waals surface area (Å²) in [6.45, 7) is 3.62. The lowest BCUT2D eigenvalue weighted by Crippen LogP contribution is -2.64. The van der Waals surface area contributed by atoms with Gasteiger partial charge in [-0.25, -0.2) is 0 Å². The molecule has 2 saturated heterocycles. The Balaban J connectivity index is 2.06. The molecule has 2 aliphatic heterocycles. The number of carbonyl (C=O) groups excluding carboxylic acids is 3. The molecule has 2 atom stereocenters. The van der Waals surface area contributed by atoms with Crippen molar-refractivity contribution in [2.75, 3.05) is 26.2 Å². The van der Waals surface area contributed by atoms with Gasteiger partial charge >= 0.3 is 0 Å². The Kier molecular flexibility index (Phi) is 3.39. The molecule has 0 aromatic rings. The van der Waals surface area contributed by atoms with Crippen LogP contribution in [0.1, 0.15) is 6.92 Å². The first-order chi connectivity index (χ1) is 8.09. The lowest BCUT2D eigenvalue weighted by atomic mass is 10.1. The van der Waals surface area contributed by atoms with Gasteiger partial charge in [-0.1, -0.05) is 0 Å². The maximum atomic E-state index is 12.1. The predicted molar refractivity (Wildman–Crippen MR) is 59.0 cm³/mol.